The number of imide groups is 2. The number of piperidine rings is 1. The molecule has 6 aliphatic rings. The third-order valence-corrected chi connectivity index (χ3v) is 13.8. The van der Waals surface area contributed by atoms with Crippen molar-refractivity contribution in [2.24, 2.45) is 5.92 Å². The summed E-state index contributed by atoms with van der Waals surface area (Å²) in [6.45, 7) is 4.66. The number of carbonyl (C=O) groups excluding carboxylic acids is 4. The zero-order valence-corrected chi connectivity index (χ0v) is 32.2. The van der Waals surface area contributed by atoms with E-state index < -0.39 is 23.8 Å². The van der Waals surface area contributed by atoms with Crippen molar-refractivity contribution in [3.8, 4) is 5.75 Å². The molecule has 4 amide bonds. The number of hydrogen-bond acceptors (Lipinski definition) is 8. The van der Waals surface area contributed by atoms with Gasteiger partial charge in [-0.15, -0.1) is 0 Å². The Morgan fingerprint density at radius 1 is 0.702 bits per heavy atom. The number of aromatic hydroxyl groups is 1. The lowest BCUT2D eigenvalue weighted by molar-refractivity contribution is -0.136. The number of aryl methyl sites for hydroxylation is 1. The molecule has 10 nitrogen and oxygen atoms in total. The lowest BCUT2D eigenvalue weighted by Crippen LogP contribution is -2.59. The monoisotopic (exact) mass is 763 g/mol. The zero-order valence-electron chi connectivity index (χ0n) is 32.2. The molecule has 2 aliphatic carbocycles. The second kappa shape index (κ2) is 14.6. The number of rotatable bonds is 8. The van der Waals surface area contributed by atoms with Gasteiger partial charge in [0, 0.05) is 56.8 Å². The minimum Gasteiger partial charge on any atom is -0.508 e. The maximum atomic E-state index is 13.3. The van der Waals surface area contributed by atoms with Gasteiger partial charge in [0.05, 0.1) is 17.2 Å². The van der Waals surface area contributed by atoms with Gasteiger partial charge in [-0.05, 0) is 127 Å². The van der Waals surface area contributed by atoms with Crippen molar-refractivity contribution in [2.45, 2.75) is 94.4 Å². The Morgan fingerprint density at radius 3 is 2.09 bits per heavy atom. The third kappa shape index (κ3) is 6.72. The first kappa shape index (κ1) is 36.0. The van der Waals surface area contributed by atoms with Crippen LogP contribution in [0.4, 0.5) is 5.69 Å². The largest absolute Gasteiger partial charge is 0.508 e. The van der Waals surface area contributed by atoms with Gasteiger partial charge in [-0.2, -0.15) is 0 Å². The van der Waals surface area contributed by atoms with E-state index in [-0.39, 0.29) is 24.7 Å². The van der Waals surface area contributed by atoms with E-state index in [1.54, 1.807) is 0 Å². The summed E-state index contributed by atoms with van der Waals surface area (Å²) in [7, 11) is 0. The molecule has 4 aromatic rings. The summed E-state index contributed by atoms with van der Waals surface area (Å²) >= 11 is 0. The SMILES string of the molecule is O=C1CCC(N2C(=O)c3cc4c(cc3C2=O)CN(CC2CCC(N3CC(Nc5ccc([C@@H]6c7ccc(O)cc7CC[C@@H]6c6ccccc6)cc5)C3)CC2)C4)C(=O)N1. The van der Waals surface area contributed by atoms with Gasteiger partial charge in [-0.3, -0.25) is 39.2 Å². The molecule has 0 aromatic heterocycles. The first-order valence-electron chi connectivity index (χ1n) is 20.8. The van der Waals surface area contributed by atoms with Crippen LogP contribution >= 0.6 is 0 Å². The number of benzene rings is 4. The second-order valence-corrected chi connectivity index (χ2v) is 17.3. The molecular formula is C47H49N5O5. The van der Waals surface area contributed by atoms with Crippen LogP contribution in [0.5, 0.6) is 5.75 Å². The number of phenolic OH excluding ortho intramolecular Hbond substituents is 1. The quantitative estimate of drug-likeness (QED) is 0.178. The van der Waals surface area contributed by atoms with Crippen LogP contribution < -0.4 is 10.6 Å². The predicted octanol–water partition coefficient (Wildman–Crippen LogP) is 6.33. The van der Waals surface area contributed by atoms with Crippen molar-refractivity contribution < 1.29 is 24.3 Å². The highest BCUT2D eigenvalue weighted by atomic mass is 16.3. The minimum atomic E-state index is -0.939. The van der Waals surface area contributed by atoms with E-state index in [0.29, 0.717) is 40.8 Å². The molecule has 0 spiro atoms. The Kier molecular flexibility index (Phi) is 9.21. The first-order valence-corrected chi connectivity index (χ1v) is 20.8. The topological polar surface area (TPSA) is 122 Å². The average molecular weight is 764 g/mol. The molecule has 10 heteroatoms. The maximum absolute atomic E-state index is 13.3. The van der Waals surface area contributed by atoms with E-state index in [1.165, 1.54) is 53.6 Å². The molecule has 4 heterocycles. The summed E-state index contributed by atoms with van der Waals surface area (Å²) in [5, 5.41) is 16.3. The molecule has 1 saturated carbocycles. The molecule has 4 aliphatic heterocycles. The number of phenols is 1. The van der Waals surface area contributed by atoms with Crippen molar-refractivity contribution in [2.75, 3.05) is 25.0 Å². The fourth-order valence-electron chi connectivity index (χ4n) is 10.8. The molecule has 0 bridgehead atoms. The Labute approximate surface area is 333 Å². The highest BCUT2D eigenvalue weighted by Gasteiger charge is 2.45. The lowest BCUT2D eigenvalue weighted by Gasteiger charge is -2.47. The minimum absolute atomic E-state index is 0.116. The second-order valence-electron chi connectivity index (χ2n) is 17.3. The van der Waals surface area contributed by atoms with Gasteiger partial charge in [0.25, 0.3) is 11.8 Å². The predicted molar refractivity (Wildman–Crippen MR) is 216 cm³/mol. The van der Waals surface area contributed by atoms with Gasteiger partial charge in [0.1, 0.15) is 11.8 Å². The average Bonchev–Trinajstić information content (AvgIpc) is 3.71. The number of carbonyl (C=O) groups is 4. The van der Waals surface area contributed by atoms with Crippen LogP contribution in [0.15, 0.2) is 84.9 Å². The normalized spacial score (nSPS) is 26.5. The maximum Gasteiger partial charge on any atom is 0.262 e. The molecule has 3 fully saturated rings. The van der Waals surface area contributed by atoms with Crippen LogP contribution in [-0.4, -0.2) is 81.2 Å². The Balaban J connectivity index is 0.703. The fourth-order valence-corrected chi connectivity index (χ4v) is 10.8. The number of nitrogens with zero attached hydrogens (tertiary/aromatic N) is 3. The van der Waals surface area contributed by atoms with Crippen molar-refractivity contribution in [3.63, 3.8) is 0 Å². The van der Waals surface area contributed by atoms with Crippen LogP contribution in [0.25, 0.3) is 0 Å². The van der Waals surface area contributed by atoms with Gasteiger partial charge in [0.2, 0.25) is 11.8 Å². The van der Waals surface area contributed by atoms with Crippen molar-refractivity contribution in [3.05, 3.63) is 129 Å². The van der Waals surface area contributed by atoms with E-state index in [4.69, 9.17) is 0 Å². The van der Waals surface area contributed by atoms with Gasteiger partial charge < -0.3 is 10.4 Å². The Bertz CT molecular complexity index is 2200. The molecule has 292 valence electrons. The number of anilines is 1. The van der Waals surface area contributed by atoms with Crippen LogP contribution in [0.2, 0.25) is 0 Å². The summed E-state index contributed by atoms with van der Waals surface area (Å²) < 4.78 is 0. The molecule has 3 N–H and O–H groups in total. The summed E-state index contributed by atoms with van der Waals surface area (Å²) in [6, 6.07) is 29.7. The molecule has 4 aromatic carbocycles. The van der Waals surface area contributed by atoms with E-state index in [9.17, 15) is 24.3 Å². The number of nitrogens with one attached hydrogen (secondary N) is 2. The Hall–Kier alpha value is -5.32. The number of amides is 4. The number of likely N-dealkylation sites (tertiary alicyclic amines) is 1. The summed E-state index contributed by atoms with van der Waals surface area (Å²) in [5.74, 6) is -0.212. The fraction of sp³-hybridized carbons (Fsp3) is 0.404. The molecule has 2 saturated heterocycles. The molecule has 57 heavy (non-hydrogen) atoms. The highest BCUT2D eigenvalue weighted by molar-refractivity contribution is 6.23. The van der Waals surface area contributed by atoms with Crippen LogP contribution in [0.3, 0.4) is 0 Å². The zero-order chi connectivity index (χ0) is 38.8. The van der Waals surface area contributed by atoms with Crippen molar-refractivity contribution in [1.29, 1.82) is 0 Å². The Morgan fingerprint density at radius 2 is 1.40 bits per heavy atom. The van der Waals surface area contributed by atoms with E-state index >= 15 is 0 Å². The van der Waals surface area contributed by atoms with Crippen LogP contribution in [0, 0.1) is 5.92 Å². The lowest BCUT2D eigenvalue weighted by atomic mass is 9.69. The molecule has 3 atom stereocenters. The number of hydrogen-bond donors (Lipinski definition) is 3. The van der Waals surface area contributed by atoms with E-state index in [2.05, 4.69) is 81.1 Å². The highest BCUT2D eigenvalue weighted by Crippen LogP contribution is 2.47. The smallest absolute Gasteiger partial charge is 0.262 e. The van der Waals surface area contributed by atoms with Gasteiger partial charge >= 0.3 is 0 Å². The first-order chi connectivity index (χ1) is 27.8. The molecular weight excluding hydrogens is 715 g/mol. The molecule has 0 radical (unpaired) electrons. The molecule has 10 rings (SSSR count). The summed E-state index contributed by atoms with van der Waals surface area (Å²) in [5.41, 5.74) is 9.34. The number of fused-ring (bicyclic) bond motifs is 3. The van der Waals surface area contributed by atoms with Crippen molar-refractivity contribution >= 4 is 29.3 Å². The van der Waals surface area contributed by atoms with Gasteiger partial charge in [-0.25, -0.2) is 0 Å². The van der Waals surface area contributed by atoms with Crippen molar-refractivity contribution in [1.82, 2.24) is 20.0 Å². The summed E-state index contributed by atoms with van der Waals surface area (Å²) in [4.78, 5) is 56.9. The van der Waals surface area contributed by atoms with E-state index in [0.717, 1.165) is 61.6 Å². The van der Waals surface area contributed by atoms with Gasteiger partial charge in [-0.1, -0.05) is 48.5 Å². The van der Waals surface area contributed by atoms with Crippen LogP contribution in [0.1, 0.15) is 111 Å². The third-order valence-electron chi connectivity index (χ3n) is 13.8. The van der Waals surface area contributed by atoms with Gasteiger partial charge in [0.15, 0.2) is 0 Å². The summed E-state index contributed by atoms with van der Waals surface area (Å²) in [6.07, 6.45) is 7.14. The standard InChI is InChI=1S/C47H49N5O5/c53-37-15-17-39-31(20-37)10-16-38(29-4-2-1-3-5-29)44(39)30-8-11-34(12-9-30)48-35-26-51(27-35)36-13-6-28(7-14-36)23-50-24-32-21-40-41(22-33(32)25-50)47(57)52(46(40)56)42-18-19-43(54)49-45(42)55/h1-5,8-9,11-12,15,17,20-22,28,35-36,38,42,44,48,53H,6-7,10,13-14,16,18-19,23-27H2,(H,49,54,55)/t28?,36?,38-,42?,44+/m1/s1. The van der Waals surface area contributed by atoms with E-state index in [1.807, 2.05) is 24.3 Å². The van der Waals surface area contributed by atoms with Crippen LogP contribution in [-0.2, 0) is 29.1 Å². The molecule has 1 unspecified atom stereocenters.